The molecule has 0 atom stereocenters. The molecule has 0 spiro atoms. The first-order chi connectivity index (χ1) is 15.1. The van der Waals surface area contributed by atoms with Crippen molar-refractivity contribution >= 4 is 0 Å². The monoisotopic (exact) mass is 413 g/mol. The maximum Gasteiger partial charge on any atom is 0.263 e. The molecule has 0 bridgehead atoms. The van der Waals surface area contributed by atoms with Gasteiger partial charge in [0.2, 0.25) is 0 Å². The van der Waals surface area contributed by atoms with Gasteiger partial charge in [0.25, 0.3) is 5.56 Å². The van der Waals surface area contributed by atoms with E-state index >= 15 is 0 Å². The quantitative estimate of drug-likeness (QED) is 0.481. The van der Waals surface area contributed by atoms with Crippen molar-refractivity contribution in [1.29, 1.82) is 5.26 Å². The Hall–Kier alpha value is -4.31. The van der Waals surface area contributed by atoms with Crippen molar-refractivity contribution in [2.75, 3.05) is 0 Å². The van der Waals surface area contributed by atoms with E-state index < -0.39 is 17.2 Å². The van der Waals surface area contributed by atoms with Crippen molar-refractivity contribution in [1.82, 2.24) is 9.55 Å². The molecule has 0 amide bonds. The lowest BCUT2D eigenvalue weighted by molar-refractivity contribution is 0.292. The van der Waals surface area contributed by atoms with Gasteiger partial charge in [0.15, 0.2) is 0 Å². The summed E-state index contributed by atoms with van der Waals surface area (Å²) in [4.78, 5) is 18.0. The first-order valence-electron chi connectivity index (χ1n) is 9.40. The van der Waals surface area contributed by atoms with Gasteiger partial charge in [0.05, 0.1) is 16.9 Å². The van der Waals surface area contributed by atoms with E-state index in [1.54, 1.807) is 30.5 Å². The van der Waals surface area contributed by atoms with Crippen LogP contribution in [0.4, 0.5) is 8.78 Å². The summed E-state index contributed by atoms with van der Waals surface area (Å²) in [6.07, 6.45) is 1.59. The zero-order valence-electron chi connectivity index (χ0n) is 16.0. The number of hydrogen-bond donors (Lipinski definition) is 0. The van der Waals surface area contributed by atoms with Crippen LogP contribution >= 0.6 is 0 Å². The molecule has 0 saturated carbocycles. The van der Waals surface area contributed by atoms with Crippen LogP contribution in [-0.4, -0.2) is 9.55 Å². The van der Waals surface area contributed by atoms with Crippen LogP contribution in [-0.2, 0) is 6.61 Å². The lowest BCUT2D eigenvalue weighted by Gasteiger charge is -2.24. The largest absolute Gasteiger partial charge is 0.485 e. The fourth-order valence-corrected chi connectivity index (χ4v) is 3.80. The van der Waals surface area contributed by atoms with E-state index in [9.17, 15) is 18.8 Å². The summed E-state index contributed by atoms with van der Waals surface area (Å²) in [5, 5.41) is 9.49. The molecule has 0 aliphatic carbocycles. The summed E-state index contributed by atoms with van der Waals surface area (Å²) in [6.45, 7) is 0.0638. The third-order valence-corrected chi connectivity index (χ3v) is 5.18. The van der Waals surface area contributed by atoms with Crippen LogP contribution in [0.25, 0.3) is 28.1 Å². The van der Waals surface area contributed by atoms with Crippen LogP contribution in [0, 0.1) is 23.0 Å². The third-order valence-electron chi connectivity index (χ3n) is 5.18. The minimum atomic E-state index is -0.726. The Labute approximate surface area is 175 Å². The molecule has 4 aromatic rings. The number of hydrogen-bond acceptors (Lipinski definition) is 4. The summed E-state index contributed by atoms with van der Waals surface area (Å²) in [7, 11) is 0. The number of benzene rings is 2. The Morgan fingerprint density at radius 3 is 2.65 bits per heavy atom. The second-order valence-electron chi connectivity index (χ2n) is 6.95. The maximum atomic E-state index is 14.3. The van der Waals surface area contributed by atoms with Gasteiger partial charge in [0, 0.05) is 22.9 Å². The molecular formula is C24H13F2N3O2. The van der Waals surface area contributed by atoms with E-state index in [2.05, 4.69) is 4.98 Å². The number of aromatic nitrogens is 2. The Kier molecular flexibility index (Phi) is 4.33. The normalized spacial score (nSPS) is 11.8. The number of fused-ring (bicyclic) bond motifs is 3. The average Bonchev–Trinajstić information content (AvgIpc) is 2.78. The number of rotatable bonds is 2. The fourth-order valence-electron chi connectivity index (χ4n) is 3.80. The number of nitrogens with zero attached hydrogens (tertiary/aromatic N) is 3. The van der Waals surface area contributed by atoms with E-state index in [0.29, 0.717) is 28.4 Å². The van der Waals surface area contributed by atoms with Crippen molar-refractivity contribution in [3.05, 3.63) is 100 Å². The standard InChI is InChI=1S/C24H13F2N3O2/c25-14-4-1-5-15(10-14)29-21-13-31-22-8-3-9-28-23(22)18(21)11-17(24(29)30)16-6-2-7-20(26)19(16)12-27/h1-11H,13H2. The molecular weight excluding hydrogens is 400 g/mol. The van der Waals surface area contributed by atoms with Gasteiger partial charge in [-0.15, -0.1) is 0 Å². The topological polar surface area (TPSA) is 67.9 Å². The molecule has 5 nitrogen and oxygen atoms in total. The lowest BCUT2D eigenvalue weighted by Crippen LogP contribution is -2.27. The van der Waals surface area contributed by atoms with E-state index in [4.69, 9.17) is 4.74 Å². The summed E-state index contributed by atoms with van der Waals surface area (Å²) >= 11 is 0. The predicted octanol–water partition coefficient (Wildman–Crippen LogP) is 4.61. The Morgan fingerprint density at radius 2 is 1.84 bits per heavy atom. The van der Waals surface area contributed by atoms with Gasteiger partial charge in [-0.1, -0.05) is 18.2 Å². The predicted molar refractivity (Wildman–Crippen MR) is 110 cm³/mol. The van der Waals surface area contributed by atoms with Crippen LogP contribution in [0.2, 0.25) is 0 Å². The number of ether oxygens (including phenoxy) is 1. The number of pyridine rings is 2. The van der Waals surface area contributed by atoms with Gasteiger partial charge in [-0.2, -0.15) is 5.26 Å². The highest BCUT2D eigenvalue weighted by Gasteiger charge is 2.26. The highest BCUT2D eigenvalue weighted by molar-refractivity contribution is 5.79. The number of nitriles is 1. The molecule has 0 unspecified atom stereocenters. The summed E-state index contributed by atoms with van der Waals surface area (Å²) in [6, 6.07) is 16.6. The Morgan fingerprint density at radius 1 is 1.00 bits per heavy atom. The molecule has 5 rings (SSSR count). The molecule has 150 valence electrons. The molecule has 1 aliphatic rings. The zero-order valence-corrected chi connectivity index (χ0v) is 16.0. The molecule has 0 N–H and O–H groups in total. The summed E-state index contributed by atoms with van der Waals surface area (Å²) < 4.78 is 35.4. The molecule has 2 aromatic heterocycles. The van der Waals surface area contributed by atoms with Crippen LogP contribution in [0.5, 0.6) is 5.75 Å². The van der Waals surface area contributed by atoms with E-state index in [0.717, 1.165) is 6.07 Å². The van der Waals surface area contributed by atoms with Gasteiger partial charge in [-0.3, -0.25) is 14.3 Å². The van der Waals surface area contributed by atoms with Crippen molar-refractivity contribution in [2.45, 2.75) is 6.61 Å². The molecule has 2 aromatic carbocycles. The Bertz CT molecular complexity index is 1450. The van der Waals surface area contributed by atoms with Crippen LogP contribution in [0.15, 0.2) is 71.7 Å². The van der Waals surface area contributed by atoms with E-state index in [1.165, 1.54) is 34.9 Å². The molecule has 0 fully saturated rings. The second-order valence-corrected chi connectivity index (χ2v) is 6.95. The lowest BCUT2D eigenvalue weighted by atomic mass is 9.96. The van der Waals surface area contributed by atoms with Gasteiger partial charge >= 0.3 is 0 Å². The van der Waals surface area contributed by atoms with Crippen molar-refractivity contribution in [3.8, 4) is 39.9 Å². The summed E-state index contributed by atoms with van der Waals surface area (Å²) in [5.41, 5.74) is 1.38. The molecule has 0 saturated heterocycles. The van der Waals surface area contributed by atoms with E-state index in [1.807, 2.05) is 6.07 Å². The molecule has 0 radical (unpaired) electrons. The minimum absolute atomic E-state index is 0.0638. The first-order valence-corrected chi connectivity index (χ1v) is 9.40. The molecule has 3 heterocycles. The fraction of sp³-hybridized carbons (Fsp3) is 0.0417. The zero-order chi connectivity index (χ0) is 21.5. The molecule has 7 heteroatoms. The van der Waals surface area contributed by atoms with Crippen LogP contribution < -0.4 is 10.3 Å². The van der Waals surface area contributed by atoms with Gasteiger partial charge in [-0.25, -0.2) is 8.78 Å². The SMILES string of the molecule is N#Cc1c(F)cccc1-c1cc2c(n(-c3cccc(F)c3)c1=O)COc1cccnc1-2. The maximum absolute atomic E-state index is 14.3. The van der Waals surface area contributed by atoms with Gasteiger partial charge in [-0.05, 0) is 42.5 Å². The highest BCUT2D eigenvalue weighted by Crippen LogP contribution is 2.38. The van der Waals surface area contributed by atoms with Crippen LogP contribution in [0.1, 0.15) is 11.3 Å². The first kappa shape index (κ1) is 18.7. The van der Waals surface area contributed by atoms with Crippen molar-refractivity contribution < 1.29 is 13.5 Å². The summed E-state index contributed by atoms with van der Waals surface area (Å²) in [5.74, 6) is -0.705. The smallest absolute Gasteiger partial charge is 0.263 e. The van der Waals surface area contributed by atoms with Crippen molar-refractivity contribution in [3.63, 3.8) is 0 Å². The molecule has 1 aliphatic heterocycles. The van der Waals surface area contributed by atoms with E-state index in [-0.39, 0.29) is 23.3 Å². The molecule has 31 heavy (non-hydrogen) atoms. The minimum Gasteiger partial charge on any atom is -0.485 e. The third kappa shape index (κ3) is 2.97. The number of halogens is 2. The average molecular weight is 413 g/mol. The van der Waals surface area contributed by atoms with Crippen LogP contribution in [0.3, 0.4) is 0 Å². The Balaban J connectivity index is 1.91. The van der Waals surface area contributed by atoms with Gasteiger partial charge in [0.1, 0.15) is 35.8 Å². The highest BCUT2D eigenvalue weighted by atomic mass is 19.1. The van der Waals surface area contributed by atoms with Crippen molar-refractivity contribution in [2.24, 2.45) is 0 Å². The van der Waals surface area contributed by atoms with Gasteiger partial charge < -0.3 is 4.74 Å². The second kappa shape index (κ2) is 7.18.